The Morgan fingerprint density at radius 3 is 2.08 bits per heavy atom. The molecule has 0 N–H and O–H groups in total. The molecule has 0 saturated heterocycles. The number of hydrogen-bond acceptors (Lipinski definition) is 0. The summed E-state index contributed by atoms with van der Waals surface area (Å²) in [6.45, 7) is 6.80. The Labute approximate surface area is 88.1 Å². The Hall–Kier alpha value is 0.0669. The van der Waals surface area contributed by atoms with Gasteiger partial charge in [-0.25, -0.2) is 0 Å². The van der Waals surface area contributed by atoms with Gasteiger partial charge in [-0.1, -0.05) is 44.8 Å². The number of halogens is 1. The molecule has 0 nitrogen and oxygen atoms in total. The van der Waals surface area contributed by atoms with Crippen LogP contribution in [-0.4, -0.2) is 12.9 Å². The van der Waals surface area contributed by atoms with Crippen molar-refractivity contribution in [2.24, 2.45) is 0 Å². The van der Waals surface area contributed by atoms with Gasteiger partial charge in [0.1, 0.15) is 12.9 Å². The molecule has 13 heavy (non-hydrogen) atoms. The molecular formula is C11H19ClSi. The number of hydrogen-bond donors (Lipinski definition) is 0. The zero-order chi connectivity index (χ0) is 9.95. The molecule has 0 heterocycles. The summed E-state index contributed by atoms with van der Waals surface area (Å²) in [7, 11) is -1.23. The molecule has 0 aliphatic heterocycles. The van der Waals surface area contributed by atoms with E-state index in [9.17, 15) is 0 Å². The first-order valence-electron chi connectivity index (χ1n) is 5.15. The number of alkyl halides is 1. The average molecular weight is 215 g/mol. The van der Waals surface area contributed by atoms with Crippen molar-refractivity contribution in [1.82, 2.24) is 0 Å². The van der Waals surface area contributed by atoms with Crippen LogP contribution in [0, 0.1) is 11.5 Å². The molecule has 1 fully saturated rings. The van der Waals surface area contributed by atoms with E-state index in [0.29, 0.717) is 0 Å². The SMILES string of the molecule is C[Si](C)(C)C#CC1(Cl)CCCCC1. The molecule has 2 heteroatoms. The molecule has 0 aromatic carbocycles. The van der Waals surface area contributed by atoms with Crippen molar-refractivity contribution in [3.05, 3.63) is 0 Å². The maximum absolute atomic E-state index is 6.43. The molecule has 1 aliphatic carbocycles. The first kappa shape index (κ1) is 11.1. The predicted octanol–water partition coefficient (Wildman–Crippen LogP) is 3.81. The van der Waals surface area contributed by atoms with Crippen LogP contribution in [0.1, 0.15) is 32.1 Å². The molecule has 0 aromatic rings. The largest absolute Gasteiger partial charge is 0.130 e. The molecule has 0 bridgehead atoms. The average Bonchev–Trinajstić information content (AvgIpc) is 2.02. The lowest BCUT2D eigenvalue weighted by Gasteiger charge is -2.26. The zero-order valence-electron chi connectivity index (χ0n) is 8.91. The highest BCUT2D eigenvalue weighted by atomic mass is 35.5. The monoisotopic (exact) mass is 214 g/mol. The Kier molecular flexibility index (Phi) is 3.48. The van der Waals surface area contributed by atoms with Crippen molar-refractivity contribution < 1.29 is 0 Å². The van der Waals surface area contributed by atoms with Gasteiger partial charge in [0.25, 0.3) is 0 Å². The first-order chi connectivity index (χ1) is 5.91. The quantitative estimate of drug-likeness (QED) is 0.327. The lowest BCUT2D eigenvalue weighted by atomic mass is 9.89. The second kappa shape index (κ2) is 4.07. The van der Waals surface area contributed by atoms with Gasteiger partial charge in [0.2, 0.25) is 0 Å². The van der Waals surface area contributed by atoms with Crippen molar-refractivity contribution >= 4 is 19.7 Å². The Bertz CT molecular complexity index is 223. The summed E-state index contributed by atoms with van der Waals surface area (Å²) in [5, 5.41) is 0. The minimum atomic E-state index is -1.23. The van der Waals surface area contributed by atoms with Crippen molar-refractivity contribution in [3.8, 4) is 11.5 Å². The summed E-state index contributed by atoms with van der Waals surface area (Å²) >= 11 is 6.43. The van der Waals surface area contributed by atoms with Gasteiger partial charge in [0.15, 0.2) is 0 Å². The van der Waals surface area contributed by atoms with Crippen LogP contribution >= 0.6 is 11.6 Å². The third-order valence-electron chi connectivity index (χ3n) is 2.31. The minimum Gasteiger partial charge on any atom is -0.130 e. The minimum absolute atomic E-state index is 0.168. The zero-order valence-corrected chi connectivity index (χ0v) is 10.7. The van der Waals surface area contributed by atoms with Crippen molar-refractivity contribution in [3.63, 3.8) is 0 Å². The van der Waals surface area contributed by atoms with Crippen molar-refractivity contribution in [2.75, 3.05) is 0 Å². The summed E-state index contributed by atoms with van der Waals surface area (Å²) in [6, 6.07) is 0. The van der Waals surface area contributed by atoms with Gasteiger partial charge < -0.3 is 0 Å². The molecule has 1 aliphatic rings. The fraction of sp³-hybridized carbons (Fsp3) is 0.818. The molecule has 74 valence electrons. The molecule has 1 rings (SSSR count). The van der Waals surface area contributed by atoms with Gasteiger partial charge in [-0.2, -0.15) is 0 Å². The Morgan fingerprint density at radius 2 is 1.62 bits per heavy atom. The van der Waals surface area contributed by atoms with Gasteiger partial charge in [-0.3, -0.25) is 0 Å². The molecule has 0 aromatic heterocycles. The van der Waals surface area contributed by atoms with Gasteiger partial charge in [0.05, 0.1) is 0 Å². The van der Waals surface area contributed by atoms with Crippen LogP contribution in [0.5, 0.6) is 0 Å². The van der Waals surface area contributed by atoms with Gasteiger partial charge in [0, 0.05) is 0 Å². The van der Waals surface area contributed by atoms with Crippen LogP contribution in [0.2, 0.25) is 19.6 Å². The molecule has 0 atom stereocenters. The molecular weight excluding hydrogens is 196 g/mol. The first-order valence-corrected chi connectivity index (χ1v) is 9.02. The van der Waals surface area contributed by atoms with E-state index in [2.05, 4.69) is 31.1 Å². The smallest absolute Gasteiger partial charge is 0.129 e. The molecule has 0 unspecified atom stereocenters. The summed E-state index contributed by atoms with van der Waals surface area (Å²) in [4.78, 5) is -0.168. The van der Waals surface area contributed by atoms with E-state index < -0.39 is 8.07 Å². The van der Waals surface area contributed by atoms with Gasteiger partial charge in [-0.05, 0) is 12.8 Å². The van der Waals surface area contributed by atoms with Crippen LogP contribution in [0.15, 0.2) is 0 Å². The maximum atomic E-state index is 6.43. The van der Waals surface area contributed by atoms with E-state index in [1.165, 1.54) is 19.3 Å². The lowest BCUT2D eigenvalue weighted by molar-refractivity contribution is 0.455. The van der Waals surface area contributed by atoms with Crippen LogP contribution in [0.4, 0.5) is 0 Å². The van der Waals surface area contributed by atoms with E-state index in [1.807, 2.05) is 0 Å². The summed E-state index contributed by atoms with van der Waals surface area (Å²) in [5.74, 6) is 3.32. The fourth-order valence-electron chi connectivity index (χ4n) is 1.54. The topological polar surface area (TPSA) is 0 Å². The van der Waals surface area contributed by atoms with Crippen LogP contribution in [0.25, 0.3) is 0 Å². The third kappa shape index (κ3) is 4.20. The third-order valence-corrected chi connectivity index (χ3v) is 3.66. The second-order valence-corrected chi connectivity index (χ2v) is 10.5. The molecule has 0 spiro atoms. The summed E-state index contributed by atoms with van der Waals surface area (Å²) < 4.78 is 0. The Morgan fingerprint density at radius 1 is 1.08 bits per heavy atom. The summed E-state index contributed by atoms with van der Waals surface area (Å²) in [5.41, 5.74) is 3.39. The van der Waals surface area contributed by atoms with E-state index >= 15 is 0 Å². The number of rotatable bonds is 0. The molecule has 1 saturated carbocycles. The Balaban J connectivity index is 2.63. The summed E-state index contributed by atoms with van der Waals surface area (Å²) in [6.07, 6.45) is 6.02. The lowest BCUT2D eigenvalue weighted by Crippen LogP contribution is -2.25. The molecule has 0 radical (unpaired) electrons. The molecule has 0 amide bonds. The fourth-order valence-corrected chi connectivity index (χ4v) is 2.54. The van der Waals surface area contributed by atoms with E-state index in [4.69, 9.17) is 11.6 Å². The highest BCUT2D eigenvalue weighted by Crippen LogP contribution is 2.33. The standard InChI is InChI=1S/C11H19ClSi/c1-13(2,3)10-9-11(12)7-5-4-6-8-11/h4-8H2,1-3H3. The predicted molar refractivity (Wildman–Crippen MR) is 62.8 cm³/mol. The van der Waals surface area contributed by atoms with Crippen molar-refractivity contribution in [1.29, 1.82) is 0 Å². The highest BCUT2D eigenvalue weighted by Gasteiger charge is 2.27. The van der Waals surface area contributed by atoms with E-state index in [1.54, 1.807) is 0 Å². The second-order valence-electron chi connectivity index (χ2n) is 5.03. The normalized spacial score (nSPS) is 21.8. The van der Waals surface area contributed by atoms with Crippen LogP contribution in [-0.2, 0) is 0 Å². The van der Waals surface area contributed by atoms with Gasteiger partial charge in [-0.15, -0.1) is 17.1 Å². The van der Waals surface area contributed by atoms with Crippen LogP contribution in [0.3, 0.4) is 0 Å². The van der Waals surface area contributed by atoms with Crippen molar-refractivity contribution in [2.45, 2.75) is 56.6 Å². The van der Waals surface area contributed by atoms with Gasteiger partial charge >= 0.3 is 0 Å². The highest BCUT2D eigenvalue weighted by molar-refractivity contribution is 6.83. The van der Waals surface area contributed by atoms with E-state index in [-0.39, 0.29) is 4.87 Å². The van der Waals surface area contributed by atoms with Crippen LogP contribution < -0.4 is 0 Å². The van der Waals surface area contributed by atoms with E-state index in [0.717, 1.165) is 12.8 Å². The maximum Gasteiger partial charge on any atom is 0.129 e.